The lowest BCUT2D eigenvalue weighted by Crippen LogP contribution is -2.17. The van der Waals surface area contributed by atoms with Crippen LogP contribution in [0.4, 0.5) is 0 Å². The summed E-state index contributed by atoms with van der Waals surface area (Å²) in [5.74, 6) is 1.07. The molecule has 1 fully saturated rings. The van der Waals surface area contributed by atoms with Crippen molar-refractivity contribution in [1.82, 2.24) is 0 Å². The van der Waals surface area contributed by atoms with Crippen molar-refractivity contribution in [2.24, 2.45) is 5.92 Å². The topological polar surface area (TPSA) is 37.3 Å². The van der Waals surface area contributed by atoms with Crippen molar-refractivity contribution in [1.29, 1.82) is 0 Å². The average Bonchev–Trinajstić information content (AvgIpc) is 2.01. The maximum absolute atomic E-state index is 10.4. The maximum Gasteiger partial charge on any atom is 0.152 e. The van der Waals surface area contributed by atoms with Crippen LogP contribution in [0.25, 0.3) is 0 Å². The first kappa shape index (κ1) is 10.5. The Labute approximate surface area is 81.8 Å². The van der Waals surface area contributed by atoms with Crippen molar-refractivity contribution in [3.8, 4) is 0 Å². The van der Waals surface area contributed by atoms with Gasteiger partial charge in [-0.2, -0.15) is 12.6 Å². The minimum absolute atomic E-state index is 0.436. The normalized spacial score (nSPS) is 33.2. The van der Waals surface area contributed by atoms with Gasteiger partial charge in [-0.15, -0.1) is 0 Å². The van der Waals surface area contributed by atoms with Gasteiger partial charge in [-0.05, 0) is 25.2 Å². The molecule has 0 radical (unpaired) electrons. The quantitative estimate of drug-likeness (QED) is 0.550. The second-order valence-corrected chi connectivity index (χ2v) is 5.28. The zero-order chi connectivity index (χ0) is 8.97. The molecule has 1 N–H and O–H groups in total. The first-order valence-electron chi connectivity index (χ1n) is 4.44. The highest BCUT2D eigenvalue weighted by molar-refractivity contribution is 7.81. The van der Waals surface area contributed by atoms with Crippen LogP contribution in [0.15, 0.2) is 0 Å². The lowest BCUT2D eigenvalue weighted by Gasteiger charge is -2.25. The summed E-state index contributed by atoms with van der Waals surface area (Å²) in [6.45, 7) is 0. The largest absolute Gasteiger partial charge is 0.306 e. The van der Waals surface area contributed by atoms with E-state index in [1.54, 1.807) is 0 Å². The summed E-state index contributed by atoms with van der Waals surface area (Å²) in [7, 11) is 0. The Kier molecular flexibility index (Phi) is 4.61. The fourth-order valence-electron chi connectivity index (χ4n) is 1.79. The molecule has 0 aromatic rings. The predicted molar refractivity (Wildman–Crippen MR) is 55.0 cm³/mol. The van der Waals surface area contributed by atoms with Gasteiger partial charge in [-0.1, -0.05) is 12.8 Å². The highest BCUT2D eigenvalue weighted by atomic mass is 32.2. The lowest BCUT2D eigenvalue weighted by atomic mass is 9.87. The number of hydrogen-bond acceptors (Lipinski definition) is 2. The molecule has 0 saturated heterocycles. The Hall–Kier alpha value is 0.460. The molecule has 1 rings (SSSR count). The van der Waals surface area contributed by atoms with E-state index in [0.717, 1.165) is 12.8 Å². The van der Waals surface area contributed by atoms with Crippen LogP contribution >= 0.6 is 12.6 Å². The lowest BCUT2D eigenvalue weighted by molar-refractivity contribution is 0.358. The van der Waals surface area contributed by atoms with E-state index in [0.29, 0.717) is 16.9 Å². The third kappa shape index (κ3) is 3.92. The van der Waals surface area contributed by atoms with Gasteiger partial charge in [0.1, 0.15) is 0 Å². The van der Waals surface area contributed by atoms with Gasteiger partial charge in [0.2, 0.25) is 0 Å². The highest BCUT2D eigenvalue weighted by Gasteiger charge is 2.19. The van der Waals surface area contributed by atoms with Crippen LogP contribution in [0.3, 0.4) is 0 Å². The summed E-state index contributed by atoms with van der Waals surface area (Å²) in [6, 6.07) is 0. The fraction of sp³-hybridized carbons (Fsp3) is 1.00. The van der Waals surface area contributed by atoms with Crippen LogP contribution in [0, 0.1) is 5.92 Å². The molecular formula is C8H16O2S2. The Morgan fingerprint density at radius 3 is 2.83 bits per heavy atom. The van der Waals surface area contributed by atoms with E-state index in [9.17, 15) is 4.21 Å². The van der Waals surface area contributed by atoms with E-state index in [1.807, 2.05) is 0 Å². The van der Waals surface area contributed by atoms with E-state index in [1.165, 1.54) is 19.3 Å². The van der Waals surface area contributed by atoms with Gasteiger partial charge >= 0.3 is 0 Å². The molecule has 0 bridgehead atoms. The first-order valence-corrected chi connectivity index (χ1v) is 6.23. The highest BCUT2D eigenvalue weighted by Crippen LogP contribution is 2.29. The summed E-state index contributed by atoms with van der Waals surface area (Å²) in [4.78, 5) is 0. The van der Waals surface area contributed by atoms with Gasteiger partial charge in [-0.3, -0.25) is 0 Å². The molecule has 0 aromatic heterocycles. The van der Waals surface area contributed by atoms with Crippen LogP contribution in [0.1, 0.15) is 32.1 Å². The van der Waals surface area contributed by atoms with E-state index >= 15 is 0 Å². The van der Waals surface area contributed by atoms with E-state index in [-0.39, 0.29) is 0 Å². The van der Waals surface area contributed by atoms with Gasteiger partial charge in [0.25, 0.3) is 0 Å². The minimum atomic E-state index is -1.60. The summed E-state index contributed by atoms with van der Waals surface area (Å²) >= 11 is 2.82. The van der Waals surface area contributed by atoms with Crippen LogP contribution in [-0.2, 0) is 11.1 Å². The monoisotopic (exact) mass is 208 g/mol. The average molecular weight is 208 g/mol. The van der Waals surface area contributed by atoms with Crippen LogP contribution in [0.2, 0.25) is 0 Å². The molecule has 1 saturated carbocycles. The molecule has 2 nitrogen and oxygen atoms in total. The summed E-state index contributed by atoms with van der Waals surface area (Å²) in [5, 5.41) is 0.524. The van der Waals surface area contributed by atoms with E-state index in [2.05, 4.69) is 12.6 Å². The minimum Gasteiger partial charge on any atom is -0.306 e. The Bertz CT molecular complexity index is 161. The van der Waals surface area contributed by atoms with Gasteiger partial charge in [0, 0.05) is 11.0 Å². The van der Waals surface area contributed by atoms with Crippen LogP contribution < -0.4 is 0 Å². The fourth-order valence-corrected chi connectivity index (χ4v) is 2.81. The van der Waals surface area contributed by atoms with E-state index < -0.39 is 11.1 Å². The molecular weight excluding hydrogens is 192 g/mol. The Morgan fingerprint density at radius 2 is 2.25 bits per heavy atom. The van der Waals surface area contributed by atoms with Crippen molar-refractivity contribution < 1.29 is 8.76 Å². The number of thiol groups is 1. The third-order valence-electron chi connectivity index (χ3n) is 2.46. The maximum atomic E-state index is 10.4. The summed E-state index contributed by atoms with van der Waals surface area (Å²) in [6.07, 6.45) is 5.67. The molecule has 1 aliphatic rings. The molecule has 3 atom stereocenters. The molecule has 0 spiro atoms. The second kappa shape index (κ2) is 5.25. The molecule has 0 aliphatic heterocycles. The van der Waals surface area contributed by atoms with Crippen LogP contribution in [0.5, 0.6) is 0 Å². The van der Waals surface area contributed by atoms with Crippen LogP contribution in [-0.4, -0.2) is 19.8 Å². The third-order valence-corrected chi connectivity index (χ3v) is 3.51. The zero-order valence-electron chi connectivity index (χ0n) is 7.11. The first-order chi connectivity index (χ1) is 5.68. The number of rotatable bonds is 3. The molecule has 4 heteroatoms. The standard InChI is InChI=1S/C8H16O2S2/c9-12(10)5-4-7-2-1-3-8(11)6-7/h7-8,11H,1-6H2,(H,9,10). The van der Waals surface area contributed by atoms with E-state index in [4.69, 9.17) is 4.55 Å². The van der Waals surface area contributed by atoms with Crippen molar-refractivity contribution in [2.45, 2.75) is 37.4 Å². The molecule has 12 heavy (non-hydrogen) atoms. The SMILES string of the molecule is O=S(O)CCC1CCCC(S)C1. The van der Waals surface area contributed by atoms with Crippen molar-refractivity contribution in [2.75, 3.05) is 5.75 Å². The molecule has 0 amide bonds. The zero-order valence-corrected chi connectivity index (χ0v) is 8.82. The Morgan fingerprint density at radius 1 is 1.50 bits per heavy atom. The Balaban J connectivity index is 2.18. The molecule has 0 aromatic carbocycles. The number of hydrogen-bond donors (Lipinski definition) is 2. The molecule has 1 aliphatic carbocycles. The van der Waals surface area contributed by atoms with Gasteiger partial charge < -0.3 is 4.55 Å². The predicted octanol–water partition coefficient (Wildman–Crippen LogP) is 2.09. The van der Waals surface area contributed by atoms with Crippen molar-refractivity contribution >= 4 is 23.7 Å². The smallest absolute Gasteiger partial charge is 0.152 e. The molecule has 0 heterocycles. The summed E-state index contributed by atoms with van der Waals surface area (Å²) < 4.78 is 19.0. The van der Waals surface area contributed by atoms with Crippen molar-refractivity contribution in [3.05, 3.63) is 0 Å². The molecule has 72 valence electrons. The van der Waals surface area contributed by atoms with Gasteiger partial charge in [-0.25, -0.2) is 4.21 Å². The van der Waals surface area contributed by atoms with Gasteiger partial charge in [0.05, 0.1) is 0 Å². The van der Waals surface area contributed by atoms with Crippen molar-refractivity contribution in [3.63, 3.8) is 0 Å². The summed E-state index contributed by atoms with van der Waals surface area (Å²) in [5.41, 5.74) is 0. The van der Waals surface area contributed by atoms with Gasteiger partial charge in [0.15, 0.2) is 11.1 Å². The molecule has 3 unspecified atom stereocenters. The second-order valence-electron chi connectivity index (χ2n) is 3.50.